The number of fused-ring (bicyclic) bond motifs is 1. The van der Waals surface area contributed by atoms with Crippen LogP contribution in [-0.2, 0) is 6.54 Å². The number of hydrogen-bond donors (Lipinski definition) is 1. The van der Waals surface area contributed by atoms with Crippen molar-refractivity contribution < 1.29 is 0 Å². The molecule has 1 nitrogen and oxygen atoms in total. The molecule has 0 bridgehead atoms. The van der Waals surface area contributed by atoms with E-state index in [-0.39, 0.29) is 0 Å². The SMILES string of the molecule is S=C(NCc1ccccc1)c1cccc2ccccc12. The summed E-state index contributed by atoms with van der Waals surface area (Å²) in [7, 11) is 0. The number of benzene rings is 3. The molecule has 0 heterocycles. The molecule has 98 valence electrons. The van der Waals surface area contributed by atoms with Gasteiger partial charge in [-0.2, -0.15) is 0 Å². The van der Waals surface area contributed by atoms with Gasteiger partial charge in [0.05, 0.1) is 0 Å². The van der Waals surface area contributed by atoms with E-state index in [1.54, 1.807) is 0 Å². The summed E-state index contributed by atoms with van der Waals surface area (Å²) in [6, 6.07) is 24.8. The maximum atomic E-state index is 5.54. The van der Waals surface area contributed by atoms with Crippen molar-refractivity contribution in [1.29, 1.82) is 0 Å². The van der Waals surface area contributed by atoms with E-state index >= 15 is 0 Å². The van der Waals surface area contributed by atoms with Crippen LogP contribution in [0.4, 0.5) is 0 Å². The average molecular weight is 277 g/mol. The Bertz CT molecular complexity index is 729. The van der Waals surface area contributed by atoms with Gasteiger partial charge >= 0.3 is 0 Å². The second-order valence-corrected chi connectivity index (χ2v) is 5.10. The van der Waals surface area contributed by atoms with Crippen molar-refractivity contribution in [3.63, 3.8) is 0 Å². The lowest BCUT2D eigenvalue weighted by molar-refractivity contribution is 0.929. The molecule has 2 heteroatoms. The zero-order valence-corrected chi connectivity index (χ0v) is 11.9. The maximum Gasteiger partial charge on any atom is 0.107 e. The van der Waals surface area contributed by atoms with E-state index < -0.39 is 0 Å². The smallest absolute Gasteiger partial charge is 0.107 e. The lowest BCUT2D eigenvalue weighted by Gasteiger charge is -2.10. The third kappa shape index (κ3) is 2.70. The maximum absolute atomic E-state index is 5.54. The van der Waals surface area contributed by atoms with E-state index in [2.05, 4.69) is 41.7 Å². The van der Waals surface area contributed by atoms with Gasteiger partial charge in [-0.1, -0.05) is 85.0 Å². The van der Waals surface area contributed by atoms with Crippen LogP contribution in [0.25, 0.3) is 10.8 Å². The molecule has 20 heavy (non-hydrogen) atoms. The van der Waals surface area contributed by atoms with E-state index in [1.807, 2.05) is 36.4 Å². The highest BCUT2D eigenvalue weighted by atomic mass is 32.1. The third-order valence-corrected chi connectivity index (χ3v) is 3.69. The van der Waals surface area contributed by atoms with Gasteiger partial charge in [-0.05, 0) is 16.3 Å². The first-order valence-electron chi connectivity index (χ1n) is 6.64. The minimum absolute atomic E-state index is 0.753. The molecule has 0 aliphatic carbocycles. The number of nitrogens with one attached hydrogen (secondary N) is 1. The molecular weight excluding hydrogens is 262 g/mol. The summed E-state index contributed by atoms with van der Waals surface area (Å²) in [5, 5.41) is 5.75. The van der Waals surface area contributed by atoms with Crippen LogP contribution in [0, 0.1) is 0 Å². The first-order chi connectivity index (χ1) is 9.84. The van der Waals surface area contributed by atoms with Crippen LogP contribution in [0.3, 0.4) is 0 Å². The van der Waals surface area contributed by atoms with Crippen LogP contribution < -0.4 is 5.32 Å². The van der Waals surface area contributed by atoms with Crippen LogP contribution in [-0.4, -0.2) is 4.99 Å². The largest absolute Gasteiger partial charge is 0.372 e. The van der Waals surface area contributed by atoms with E-state index in [9.17, 15) is 0 Å². The predicted molar refractivity (Wildman–Crippen MR) is 88.9 cm³/mol. The van der Waals surface area contributed by atoms with E-state index in [0.29, 0.717) is 0 Å². The van der Waals surface area contributed by atoms with E-state index in [0.717, 1.165) is 17.1 Å². The highest BCUT2D eigenvalue weighted by molar-refractivity contribution is 7.80. The number of rotatable bonds is 3. The van der Waals surface area contributed by atoms with Crippen LogP contribution in [0.15, 0.2) is 72.8 Å². The lowest BCUT2D eigenvalue weighted by Crippen LogP contribution is -2.21. The van der Waals surface area contributed by atoms with Crippen LogP contribution in [0.5, 0.6) is 0 Å². The van der Waals surface area contributed by atoms with E-state index in [4.69, 9.17) is 12.2 Å². The summed E-state index contributed by atoms with van der Waals surface area (Å²) in [4.78, 5) is 0.797. The third-order valence-electron chi connectivity index (χ3n) is 3.33. The van der Waals surface area contributed by atoms with Crippen molar-refractivity contribution in [3.8, 4) is 0 Å². The number of hydrogen-bond acceptors (Lipinski definition) is 1. The topological polar surface area (TPSA) is 12.0 Å². The van der Waals surface area contributed by atoms with Crippen molar-refractivity contribution in [1.82, 2.24) is 5.32 Å². The lowest BCUT2D eigenvalue weighted by atomic mass is 10.0. The Morgan fingerprint density at radius 1 is 0.800 bits per heavy atom. The monoisotopic (exact) mass is 277 g/mol. The van der Waals surface area contributed by atoms with Gasteiger partial charge in [-0.25, -0.2) is 0 Å². The van der Waals surface area contributed by atoms with Gasteiger partial charge in [0.15, 0.2) is 0 Å². The molecule has 0 unspecified atom stereocenters. The van der Waals surface area contributed by atoms with Crippen LogP contribution >= 0.6 is 12.2 Å². The fraction of sp³-hybridized carbons (Fsp3) is 0.0556. The molecule has 0 saturated carbocycles. The van der Waals surface area contributed by atoms with E-state index in [1.165, 1.54) is 16.3 Å². The molecule has 0 aromatic heterocycles. The summed E-state index contributed by atoms with van der Waals surface area (Å²) in [5.41, 5.74) is 2.32. The Hall–Kier alpha value is -2.19. The molecule has 0 radical (unpaired) electrons. The van der Waals surface area contributed by atoms with Gasteiger partial charge in [0.25, 0.3) is 0 Å². The van der Waals surface area contributed by atoms with Gasteiger partial charge < -0.3 is 5.32 Å². The Kier molecular flexibility index (Phi) is 3.75. The molecule has 0 aliphatic heterocycles. The molecule has 3 rings (SSSR count). The number of thiocarbonyl (C=S) groups is 1. The normalized spacial score (nSPS) is 10.4. The van der Waals surface area contributed by atoms with Crippen LogP contribution in [0.1, 0.15) is 11.1 Å². The second-order valence-electron chi connectivity index (χ2n) is 4.69. The molecule has 3 aromatic carbocycles. The van der Waals surface area contributed by atoms with Gasteiger partial charge in [0.2, 0.25) is 0 Å². The zero-order chi connectivity index (χ0) is 13.8. The van der Waals surface area contributed by atoms with Gasteiger partial charge in [-0.3, -0.25) is 0 Å². The Morgan fingerprint density at radius 3 is 2.35 bits per heavy atom. The molecule has 1 N–H and O–H groups in total. The fourth-order valence-corrected chi connectivity index (χ4v) is 2.55. The minimum atomic E-state index is 0.753. The first-order valence-corrected chi connectivity index (χ1v) is 7.05. The van der Waals surface area contributed by atoms with Gasteiger partial charge in [-0.15, -0.1) is 0 Å². The molecule has 0 atom stereocenters. The standard InChI is InChI=1S/C18H15NS/c20-18(19-13-14-7-2-1-3-8-14)17-12-6-10-15-9-4-5-11-16(15)17/h1-12H,13H2,(H,19,20). The quantitative estimate of drug-likeness (QED) is 0.716. The van der Waals surface area contributed by atoms with Crippen molar-refractivity contribution in [2.45, 2.75) is 6.54 Å². The summed E-state index contributed by atoms with van der Waals surface area (Å²) >= 11 is 5.54. The van der Waals surface area contributed by atoms with Crippen molar-refractivity contribution in [2.24, 2.45) is 0 Å². The molecule has 0 amide bonds. The van der Waals surface area contributed by atoms with Crippen molar-refractivity contribution >= 4 is 28.0 Å². The second kappa shape index (κ2) is 5.85. The molecule has 0 spiro atoms. The fourth-order valence-electron chi connectivity index (χ4n) is 2.30. The van der Waals surface area contributed by atoms with Crippen LogP contribution in [0.2, 0.25) is 0 Å². The minimum Gasteiger partial charge on any atom is -0.372 e. The highest BCUT2D eigenvalue weighted by Gasteiger charge is 2.05. The summed E-state index contributed by atoms with van der Waals surface area (Å²) in [6.45, 7) is 0.753. The van der Waals surface area contributed by atoms with Crippen molar-refractivity contribution in [3.05, 3.63) is 83.9 Å². The van der Waals surface area contributed by atoms with Gasteiger partial charge in [0.1, 0.15) is 4.99 Å². The molecule has 0 saturated heterocycles. The molecule has 0 fully saturated rings. The molecule has 3 aromatic rings. The van der Waals surface area contributed by atoms with Gasteiger partial charge in [0, 0.05) is 12.1 Å². The first kappa shape index (κ1) is 12.8. The molecule has 0 aliphatic rings. The predicted octanol–water partition coefficient (Wildman–Crippen LogP) is 4.31. The molecular formula is C18H15NS. The Balaban J connectivity index is 1.82. The zero-order valence-electron chi connectivity index (χ0n) is 11.0. The summed E-state index contributed by atoms with van der Waals surface area (Å²) in [6.07, 6.45) is 0. The summed E-state index contributed by atoms with van der Waals surface area (Å²) in [5.74, 6) is 0. The Labute approximate surface area is 124 Å². The summed E-state index contributed by atoms with van der Waals surface area (Å²) < 4.78 is 0. The average Bonchev–Trinajstić information content (AvgIpc) is 2.53. The highest BCUT2D eigenvalue weighted by Crippen LogP contribution is 2.18. The Morgan fingerprint density at radius 2 is 1.50 bits per heavy atom. The van der Waals surface area contributed by atoms with Crippen molar-refractivity contribution in [2.75, 3.05) is 0 Å².